The SMILES string of the molecule is CC(=O)Oc1cc2c(c3ccccc13)C(CCl)CN2C(=O)c1cc2cc(NC(=O)c3cc4cc(NC(=O)CCSSC[C@H](NC(=O)C(CC(=O)O)NC(=O)[C@H](CCCNC(=N)N)NC(=O)[C@H](CC(=O)O)NC(=O)CC[C@H](NC(=O)c5ccc(NCc6cnc7nc(N)[nH]c(=O)c7n6)cc5)C(=O)O)C(=O)O)ccc4[nH]3)ccc2[nH]1. The average molecular weight is 1610 g/mol. The Morgan fingerprint density at radius 1 is 0.664 bits per heavy atom. The number of aromatic amines is 3. The summed E-state index contributed by atoms with van der Waals surface area (Å²) in [5.74, 6) is -14.4. The molecule has 1 aliphatic rings. The summed E-state index contributed by atoms with van der Waals surface area (Å²) in [4.78, 5) is 205. The van der Waals surface area contributed by atoms with Gasteiger partial charge in [-0.15, -0.1) is 11.6 Å². The standard InChI is InChI=1S/C72H74ClN19O19S2/c1-33(93)111-54-27-53-59(43-6-3-2-5-42(43)54)37(28-73)31-92(53)68(106)51-24-36-22-40(13-15-45(36)84-51)82-64(102)48-23-35-21-39(12-14-44(35)83-48)80-56(95)18-20-112-113-32-52(70(109)110)89-66(104)50(26-58(98)99)88-63(101)46(7-4-19-77-71(74)75)86-65(103)49(25-57(96)97)85-55(94)17-16-47(69(107)108)87-62(100)34-8-10-38(11-9-34)78-29-41-30-79-61-60(81-41)67(105)91-72(76)90-61/h2-3,5-6,8-15,21-24,27,30,37,46-47,49-50,52,78,83-84H,4,7,16-20,25-26,28-29,31-32H2,1H3,(H,80,95)(H,82,102)(H,85,94)(H,86,103)(H,87,100)(H,88,101)(H,89,104)(H,96,97)(H,98,99)(H,107,108)(H,109,110)(H4,74,75,77)(H3,76,79,90,91,105)/t37?,46-,47-,49-,50?,52-/m0/s1. The van der Waals surface area contributed by atoms with Crippen molar-refractivity contribution in [3.05, 3.63) is 148 Å². The molecule has 1 aliphatic heterocycles. The molecule has 6 atom stereocenters. The highest BCUT2D eigenvalue weighted by Crippen LogP contribution is 2.46. The Hall–Kier alpha value is -13.4. The van der Waals surface area contributed by atoms with E-state index in [4.69, 9.17) is 33.2 Å². The third kappa shape index (κ3) is 21.8. The number of nitrogens with two attached hydrogens (primary N) is 2. The Morgan fingerprint density at radius 3 is 1.92 bits per heavy atom. The number of alkyl halides is 1. The number of nitrogens with zero attached hydrogens (tertiary/aromatic N) is 4. The van der Waals surface area contributed by atoms with E-state index in [-0.39, 0.29) is 102 Å². The van der Waals surface area contributed by atoms with Gasteiger partial charge in [-0.1, -0.05) is 45.9 Å². The molecule has 113 heavy (non-hydrogen) atoms. The number of aliphatic carboxylic acids is 4. The van der Waals surface area contributed by atoms with Gasteiger partial charge in [0, 0.05) is 112 Å². The molecule has 8 amide bonds. The van der Waals surface area contributed by atoms with E-state index in [0.29, 0.717) is 61.4 Å². The van der Waals surface area contributed by atoms with Crippen molar-refractivity contribution in [2.45, 2.75) is 94.5 Å². The van der Waals surface area contributed by atoms with E-state index in [1.54, 1.807) is 59.5 Å². The summed E-state index contributed by atoms with van der Waals surface area (Å²) >= 11 is 6.47. The van der Waals surface area contributed by atoms with Gasteiger partial charge in [0.1, 0.15) is 47.3 Å². The first kappa shape index (κ1) is 82.1. The lowest BCUT2D eigenvalue weighted by Crippen LogP contribution is -2.58. The molecule has 5 heterocycles. The molecule has 41 heteroatoms. The first-order valence-electron chi connectivity index (χ1n) is 34.5. The molecule has 10 rings (SSSR count). The predicted molar refractivity (Wildman–Crippen MR) is 416 cm³/mol. The Bertz CT molecular complexity index is 5310. The molecule has 0 spiro atoms. The van der Waals surface area contributed by atoms with Crippen molar-refractivity contribution >= 4 is 189 Å². The number of esters is 1. The van der Waals surface area contributed by atoms with Crippen LogP contribution in [0.2, 0.25) is 0 Å². The number of H-pyrrole nitrogens is 3. The number of hydrogen-bond donors (Lipinski definition) is 19. The third-order valence-corrected chi connectivity index (χ3v) is 20.2. The van der Waals surface area contributed by atoms with Crippen molar-refractivity contribution in [2.24, 2.45) is 5.73 Å². The van der Waals surface area contributed by atoms with Gasteiger partial charge in [0.2, 0.25) is 35.5 Å². The summed E-state index contributed by atoms with van der Waals surface area (Å²) in [7, 11) is 2.00. The number of carboxylic acids is 4. The number of halogens is 1. The molecule has 590 valence electrons. The summed E-state index contributed by atoms with van der Waals surface area (Å²) in [6.07, 6.45) is -2.65. The predicted octanol–water partition coefficient (Wildman–Crippen LogP) is 3.79. The summed E-state index contributed by atoms with van der Waals surface area (Å²) in [6.45, 7) is 1.58. The number of nitrogens with one attached hydrogen (secondary N) is 13. The molecule has 2 unspecified atom stereocenters. The zero-order chi connectivity index (χ0) is 81.3. The molecule has 0 aliphatic carbocycles. The smallest absolute Gasteiger partial charge is 0.327 e. The van der Waals surface area contributed by atoms with Crippen molar-refractivity contribution in [3.8, 4) is 5.75 Å². The second-order valence-corrected chi connectivity index (χ2v) is 28.6. The molecule has 0 saturated heterocycles. The number of hydrogen-bond acceptors (Lipinski definition) is 23. The Morgan fingerprint density at radius 2 is 1.27 bits per heavy atom. The Kier molecular flexibility index (Phi) is 27.2. The monoisotopic (exact) mass is 1610 g/mol. The maximum atomic E-state index is 14.3. The number of ether oxygens (including phenoxy) is 1. The number of carbonyl (C=O) groups excluding carboxylic acids is 9. The maximum Gasteiger partial charge on any atom is 0.327 e. The lowest BCUT2D eigenvalue weighted by molar-refractivity contribution is -0.143. The maximum absolute atomic E-state index is 14.3. The fourth-order valence-corrected chi connectivity index (χ4v) is 14.5. The average Bonchev–Trinajstić information content (AvgIpc) is 1.60. The van der Waals surface area contributed by atoms with Gasteiger partial charge in [-0.25, -0.2) is 19.6 Å². The van der Waals surface area contributed by atoms with E-state index < -0.39 is 139 Å². The zero-order valence-corrected chi connectivity index (χ0v) is 62.0. The highest BCUT2D eigenvalue weighted by atomic mass is 35.5. The van der Waals surface area contributed by atoms with Crippen molar-refractivity contribution in [2.75, 3.05) is 57.1 Å². The molecular weight excluding hydrogens is 1530 g/mol. The molecule has 21 N–H and O–H groups in total. The molecule has 9 aromatic rings. The van der Waals surface area contributed by atoms with Gasteiger partial charge in [-0.2, -0.15) is 4.98 Å². The van der Waals surface area contributed by atoms with Crippen LogP contribution in [0.3, 0.4) is 0 Å². The van der Waals surface area contributed by atoms with Gasteiger partial charge in [-0.3, -0.25) is 67.9 Å². The Balaban J connectivity index is 0.678. The summed E-state index contributed by atoms with van der Waals surface area (Å²) in [5, 5.41) is 72.1. The molecule has 38 nitrogen and oxygen atoms in total. The van der Waals surface area contributed by atoms with Crippen LogP contribution < -0.4 is 74.5 Å². The lowest BCUT2D eigenvalue weighted by Gasteiger charge is -2.25. The number of carboxylic acid groups (broad SMARTS) is 4. The van der Waals surface area contributed by atoms with E-state index in [9.17, 15) is 87.5 Å². The van der Waals surface area contributed by atoms with Gasteiger partial charge in [0.15, 0.2) is 17.1 Å². The fraction of sp³-hybridized carbons (Fsp3) is 0.278. The number of rotatable bonds is 37. The van der Waals surface area contributed by atoms with Crippen LogP contribution in [-0.4, -0.2) is 194 Å². The number of aromatic nitrogens is 6. The van der Waals surface area contributed by atoms with Gasteiger partial charge in [0.25, 0.3) is 23.3 Å². The summed E-state index contributed by atoms with van der Waals surface area (Å²) in [5.41, 5.74) is 15.1. The van der Waals surface area contributed by atoms with Crippen LogP contribution in [0.15, 0.2) is 114 Å². The number of carbonyl (C=O) groups is 13. The number of guanidine groups is 1. The molecule has 0 fully saturated rings. The highest BCUT2D eigenvalue weighted by molar-refractivity contribution is 8.76. The molecule has 0 radical (unpaired) electrons. The van der Waals surface area contributed by atoms with Crippen molar-refractivity contribution in [3.63, 3.8) is 0 Å². The largest absolute Gasteiger partial charge is 0.481 e. The molecule has 5 aromatic carbocycles. The van der Waals surface area contributed by atoms with Crippen LogP contribution in [0.1, 0.15) is 100 Å². The quantitative estimate of drug-likeness (QED) is 0.00501. The minimum absolute atomic E-state index is 0.0000719. The van der Waals surface area contributed by atoms with Gasteiger partial charge < -0.3 is 99.3 Å². The molecule has 0 bridgehead atoms. The minimum atomic E-state index is -2.00. The van der Waals surface area contributed by atoms with Crippen molar-refractivity contribution in [1.82, 2.24) is 61.8 Å². The second kappa shape index (κ2) is 37.4. The second-order valence-electron chi connectivity index (χ2n) is 25.7. The topological polar surface area (TPSA) is 603 Å². The summed E-state index contributed by atoms with van der Waals surface area (Å²) < 4.78 is 5.58. The number of nitrogen functional groups attached to an aromatic ring is 1. The van der Waals surface area contributed by atoms with Crippen LogP contribution in [0.25, 0.3) is 43.7 Å². The van der Waals surface area contributed by atoms with E-state index in [1.165, 1.54) is 37.4 Å². The van der Waals surface area contributed by atoms with Crippen molar-refractivity contribution < 1.29 is 87.5 Å². The summed E-state index contributed by atoms with van der Waals surface area (Å²) in [6, 6.07) is 19.0. The molecular formula is C72H74ClN19O19S2. The van der Waals surface area contributed by atoms with Gasteiger partial charge in [0.05, 0.1) is 37.0 Å². The first-order chi connectivity index (χ1) is 54.0. The van der Waals surface area contributed by atoms with E-state index >= 15 is 0 Å². The van der Waals surface area contributed by atoms with Crippen LogP contribution in [-0.2, 0) is 54.5 Å². The normalized spacial score (nSPS) is 13.6. The van der Waals surface area contributed by atoms with Crippen LogP contribution >= 0.6 is 33.2 Å². The molecule has 4 aromatic heterocycles. The van der Waals surface area contributed by atoms with E-state index in [0.717, 1.165) is 32.5 Å². The fourth-order valence-electron chi connectivity index (χ4n) is 12.1. The number of amides is 8. The van der Waals surface area contributed by atoms with Gasteiger partial charge in [-0.05, 0) is 103 Å². The number of anilines is 5. The number of fused-ring (bicyclic) bond motifs is 6. The minimum Gasteiger partial charge on any atom is -0.481 e. The van der Waals surface area contributed by atoms with Crippen LogP contribution in [0.4, 0.5) is 28.7 Å². The zero-order valence-electron chi connectivity index (χ0n) is 59.6. The van der Waals surface area contributed by atoms with E-state index in [2.05, 4.69) is 77.8 Å². The van der Waals surface area contributed by atoms with Gasteiger partial charge >= 0.3 is 29.8 Å². The van der Waals surface area contributed by atoms with Crippen LogP contribution in [0, 0.1) is 5.41 Å². The first-order valence-corrected chi connectivity index (χ1v) is 37.6. The van der Waals surface area contributed by atoms with E-state index in [1.807, 2.05) is 24.3 Å². The lowest BCUT2D eigenvalue weighted by atomic mass is 9.95. The molecule has 0 saturated carbocycles. The number of benzene rings is 5. The van der Waals surface area contributed by atoms with Crippen molar-refractivity contribution in [1.29, 1.82) is 5.41 Å². The Labute approximate surface area is 651 Å². The highest BCUT2D eigenvalue weighted by Gasteiger charge is 2.38. The third-order valence-electron chi connectivity index (χ3n) is 17.4. The van der Waals surface area contributed by atoms with Crippen LogP contribution in [0.5, 0.6) is 5.75 Å².